The lowest BCUT2D eigenvalue weighted by atomic mass is 10.2. The van der Waals surface area contributed by atoms with Crippen molar-refractivity contribution in [3.63, 3.8) is 0 Å². The fourth-order valence-electron chi connectivity index (χ4n) is 2.18. The Hall–Kier alpha value is -2.02. The summed E-state index contributed by atoms with van der Waals surface area (Å²) in [6, 6.07) is 14.2. The van der Waals surface area contributed by atoms with Crippen molar-refractivity contribution in [1.82, 2.24) is 5.32 Å². The summed E-state index contributed by atoms with van der Waals surface area (Å²) in [6.45, 7) is 0. The monoisotopic (exact) mass is 393 g/mol. The second-order valence-corrected chi connectivity index (χ2v) is 7.18. The molecule has 2 aromatic carbocycles. The normalized spacial score (nSPS) is 18.2. The van der Waals surface area contributed by atoms with Crippen molar-refractivity contribution in [2.24, 2.45) is 4.99 Å². The number of amides is 2. The highest BCUT2D eigenvalue weighted by molar-refractivity contribution is 8.15. The summed E-state index contributed by atoms with van der Waals surface area (Å²) in [5.74, 6) is -0.565. The molecule has 2 amide bonds. The van der Waals surface area contributed by atoms with E-state index in [0.29, 0.717) is 15.9 Å². The highest BCUT2D eigenvalue weighted by atomic mass is 35.5. The van der Waals surface area contributed by atoms with Crippen LogP contribution >= 0.6 is 35.0 Å². The van der Waals surface area contributed by atoms with E-state index in [1.807, 2.05) is 30.3 Å². The zero-order valence-electron chi connectivity index (χ0n) is 12.8. The first-order valence-electron chi connectivity index (χ1n) is 7.38. The summed E-state index contributed by atoms with van der Waals surface area (Å²) in [4.78, 5) is 28.6. The lowest BCUT2D eigenvalue weighted by Gasteiger charge is -2.09. The number of rotatable bonds is 4. The van der Waals surface area contributed by atoms with Crippen LogP contribution in [0.25, 0.3) is 0 Å². The van der Waals surface area contributed by atoms with Gasteiger partial charge in [0.15, 0.2) is 5.17 Å². The fourth-order valence-corrected chi connectivity index (χ4v) is 3.52. The number of carbonyl (C=O) groups is 2. The van der Waals surface area contributed by atoms with Crippen molar-refractivity contribution >= 4 is 63.3 Å². The molecule has 1 aliphatic heterocycles. The molecule has 0 bridgehead atoms. The van der Waals surface area contributed by atoms with E-state index in [1.54, 1.807) is 18.2 Å². The van der Waals surface area contributed by atoms with Crippen LogP contribution in [0.1, 0.15) is 6.42 Å². The van der Waals surface area contributed by atoms with Crippen molar-refractivity contribution in [3.05, 3.63) is 58.6 Å². The Morgan fingerprint density at radius 3 is 2.68 bits per heavy atom. The van der Waals surface area contributed by atoms with Crippen molar-refractivity contribution in [1.29, 1.82) is 0 Å². The van der Waals surface area contributed by atoms with Crippen molar-refractivity contribution in [3.8, 4) is 0 Å². The number of para-hydroxylation sites is 1. The highest BCUT2D eigenvalue weighted by Gasteiger charge is 2.32. The van der Waals surface area contributed by atoms with E-state index in [0.717, 1.165) is 5.69 Å². The molecule has 0 unspecified atom stereocenters. The third-order valence-corrected chi connectivity index (χ3v) is 5.26. The van der Waals surface area contributed by atoms with Gasteiger partial charge in [-0.15, -0.1) is 0 Å². The van der Waals surface area contributed by atoms with Gasteiger partial charge in [-0.3, -0.25) is 9.59 Å². The zero-order valence-corrected chi connectivity index (χ0v) is 15.2. The molecule has 1 aliphatic rings. The molecule has 1 heterocycles. The average molecular weight is 394 g/mol. The van der Waals surface area contributed by atoms with E-state index in [-0.39, 0.29) is 23.3 Å². The largest absolute Gasteiger partial charge is 0.325 e. The van der Waals surface area contributed by atoms with Gasteiger partial charge in [-0.05, 0) is 24.3 Å². The van der Waals surface area contributed by atoms with Crippen LogP contribution in [0, 0.1) is 0 Å². The van der Waals surface area contributed by atoms with Gasteiger partial charge >= 0.3 is 0 Å². The van der Waals surface area contributed by atoms with E-state index in [2.05, 4.69) is 15.6 Å². The van der Waals surface area contributed by atoms with Gasteiger partial charge in [-0.1, -0.05) is 59.2 Å². The van der Waals surface area contributed by atoms with Crippen molar-refractivity contribution in [2.75, 3.05) is 5.32 Å². The Morgan fingerprint density at radius 1 is 1.16 bits per heavy atom. The standard InChI is InChI=1S/C17H13Cl2N3O2S/c18-11-7-4-8-12(15(11)19)21-14(23)9-13-16(24)22-17(25-13)20-10-5-2-1-3-6-10/h1-8,13H,9H2,(H,21,23)(H,20,22,24)/t13-/m1/s1. The van der Waals surface area contributed by atoms with Crippen LogP contribution in [0.4, 0.5) is 11.4 Å². The molecular formula is C17H13Cl2N3O2S. The van der Waals surface area contributed by atoms with Gasteiger partial charge in [0.25, 0.3) is 0 Å². The Morgan fingerprint density at radius 2 is 1.92 bits per heavy atom. The number of nitrogens with zero attached hydrogens (tertiary/aromatic N) is 1. The molecule has 128 valence electrons. The Bertz CT molecular complexity index is 843. The molecule has 1 atom stereocenters. The summed E-state index contributed by atoms with van der Waals surface area (Å²) in [7, 11) is 0. The minimum absolute atomic E-state index is 0.00710. The summed E-state index contributed by atoms with van der Waals surface area (Å²) < 4.78 is 0. The molecule has 3 rings (SSSR count). The lowest BCUT2D eigenvalue weighted by Crippen LogP contribution is -2.28. The van der Waals surface area contributed by atoms with E-state index < -0.39 is 5.25 Å². The second-order valence-electron chi connectivity index (χ2n) is 5.20. The number of hydrogen-bond donors (Lipinski definition) is 2. The average Bonchev–Trinajstić information content (AvgIpc) is 2.92. The Kier molecular flexibility index (Phi) is 5.63. The van der Waals surface area contributed by atoms with E-state index >= 15 is 0 Å². The number of hydrogen-bond acceptors (Lipinski definition) is 4. The number of amidine groups is 1. The first kappa shape index (κ1) is 17.8. The molecule has 2 N–H and O–H groups in total. The third kappa shape index (κ3) is 4.54. The van der Waals surface area contributed by atoms with Gasteiger partial charge in [0.2, 0.25) is 11.8 Å². The lowest BCUT2D eigenvalue weighted by molar-refractivity contribution is -0.122. The van der Waals surface area contributed by atoms with Crippen LogP contribution in [0.3, 0.4) is 0 Å². The second kappa shape index (κ2) is 7.91. The predicted molar refractivity (Wildman–Crippen MR) is 103 cm³/mol. The maximum atomic E-state index is 12.2. The maximum Gasteiger partial charge on any atom is 0.240 e. The van der Waals surface area contributed by atoms with Crippen molar-refractivity contribution < 1.29 is 9.59 Å². The molecule has 2 aromatic rings. The first-order valence-corrected chi connectivity index (χ1v) is 9.01. The summed E-state index contributed by atoms with van der Waals surface area (Å²) >= 11 is 13.2. The number of halogens is 2. The van der Waals surface area contributed by atoms with E-state index in [1.165, 1.54) is 11.8 Å². The molecule has 0 radical (unpaired) electrons. The molecular weight excluding hydrogens is 381 g/mol. The predicted octanol–water partition coefficient (Wildman–Crippen LogP) is 4.24. The maximum absolute atomic E-state index is 12.2. The number of aliphatic imine (C=N–C) groups is 1. The number of anilines is 1. The topological polar surface area (TPSA) is 70.6 Å². The van der Waals surface area contributed by atoms with Gasteiger partial charge < -0.3 is 10.6 Å². The molecule has 0 aliphatic carbocycles. The Balaban J connectivity index is 1.63. The van der Waals surface area contributed by atoms with Gasteiger partial charge in [0.05, 0.1) is 21.4 Å². The summed E-state index contributed by atoms with van der Waals surface area (Å²) in [5.41, 5.74) is 1.15. The zero-order chi connectivity index (χ0) is 17.8. The minimum atomic E-state index is -0.541. The van der Waals surface area contributed by atoms with Crippen LogP contribution in [0.5, 0.6) is 0 Å². The SMILES string of the molecule is O=C(C[C@H]1SC(=Nc2ccccc2)NC1=O)Nc1cccc(Cl)c1Cl. The number of nitrogens with one attached hydrogen (secondary N) is 2. The van der Waals surface area contributed by atoms with Crippen LogP contribution < -0.4 is 10.6 Å². The fraction of sp³-hybridized carbons (Fsp3) is 0.118. The summed E-state index contributed by atoms with van der Waals surface area (Å²) in [5, 5.41) is 5.93. The molecule has 1 fully saturated rings. The molecule has 0 aromatic heterocycles. The molecule has 8 heteroatoms. The van der Waals surface area contributed by atoms with Gasteiger partial charge in [0, 0.05) is 6.42 Å². The molecule has 5 nitrogen and oxygen atoms in total. The van der Waals surface area contributed by atoms with Gasteiger partial charge in [-0.25, -0.2) is 4.99 Å². The van der Waals surface area contributed by atoms with Crippen LogP contribution in [-0.2, 0) is 9.59 Å². The van der Waals surface area contributed by atoms with Crippen molar-refractivity contribution in [2.45, 2.75) is 11.7 Å². The minimum Gasteiger partial charge on any atom is -0.325 e. The molecule has 1 saturated heterocycles. The smallest absolute Gasteiger partial charge is 0.240 e. The third-order valence-electron chi connectivity index (χ3n) is 3.36. The molecule has 0 spiro atoms. The summed E-state index contributed by atoms with van der Waals surface area (Å²) in [6.07, 6.45) is 0.00710. The van der Waals surface area contributed by atoms with Gasteiger partial charge in [0.1, 0.15) is 5.25 Å². The van der Waals surface area contributed by atoms with Crippen LogP contribution in [-0.4, -0.2) is 22.2 Å². The number of carbonyl (C=O) groups excluding carboxylic acids is 2. The van der Waals surface area contributed by atoms with Crippen LogP contribution in [0.2, 0.25) is 10.0 Å². The molecule has 25 heavy (non-hydrogen) atoms. The number of thioether (sulfide) groups is 1. The highest BCUT2D eigenvalue weighted by Crippen LogP contribution is 2.30. The Labute approximate surface area is 158 Å². The number of benzene rings is 2. The molecule has 0 saturated carbocycles. The van der Waals surface area contributed by atoms with Gasteiger partial charge in [-0.2, -0.15) is 0 Å². The first-order chi connectivity index (χ1) is 12.0. The van der Waals surface area contributed by atoms with Crippen LogP contribution in [0.15, 0.2) is 53.5 Å². The van der Waals surface area contributed by atoms with E-state index in [9.17, 15) is 9.59 Å². The van der Waals surface area contributed by atoms with E-state index in [4.69, 9.17) is 23.2 Å². The quantitative estimate of drug-likeness (QED) is 0.815.